The van der Waals surface area contributed by atoms with Gasteiger partial charge >= 0.3 is 0 Å². The maximum Gasteiger partial charge on any atom is 0.224 e. The van der Waals surface area contributed by atoms with E-state index in [9.17, 15) is 0 Å². The molecule has 82 valence electrons. The van der Waals surface area contributed by atoms with Crippen LogP contribution in [-0.2, 0) is 4.74 Å². The highest BCUT2D eigenvalue weighted by Crippen LogP contribution is 2.22. The number of hydrogen-bond donors (Lipinski definition) is 2. The van der Waals surface area contributed by atoms with Gasteiger partial charge in [-0.05, 0) is 19.4 Å². The number of nitrogens with zero attached hydrogens (tertiary/aromatic N) is 2. The van der Waals surface area contributed by atoms with Gasteiger partial charge in [-0.25, -0.2) is 4.98 Å². The molecule has 1 saturated heterocycles. The van der Waals surface area contributed by atoms with Crippen LogP contribution in [0.15, 0.2) is 12.3 Å². The Morgan fingerprint density at radius 2 is 2.40 bits per heavy atom. The summed E-state index contributed by atoms with van der Waals surface area (Å²) in [5.74, 6) is 1.46. The molecule has 1 aromatic heterocycles. The maximum absolute atomic E-state index is 5.37. The molecule has 1 aromatic rings. The smallest absolute Gasteiger partial charge is 0.224 e. The third-order valence-corrected chi connectivity index (χ3v) is 2.53. The molecule has 1 aliphatic heterocycles. The molecular formula is C10H16N4O. The van der Waals surface area contributed by atoms with E-state index in [2.05, 4.69) is 27.5 Å². The predicted octanol–water partition coefficient (Wildman–Crippen LogP) is 1.11. The molecule has 2 N–H and O–H groups in total. The van der Waals surface area contributed by atoms with E-state index in [1.165, 1.54) is 0 Å². The van der Waals surface area contributed by atoms with Crippen molar-refractivity contribution in [2.24, 2.45) is 0 Å². The number of anilines is 2. The number of rotatable bonds is 3. The van der Waals surface area contributed by atoms with Crippen LogP contribution in [0.25, 0.3) is 0 Å². The van der Waals surface area contributed by atoms with Gasteiger partial charge in [0.2, 0.25) is 5.95 Å². The Morgan fingerprint density at radius 3 is 3.07 bits per heavy atom. The van der Waals surface area contributed by atoms with Gasteiger partial charge in [-0.1, -0.05) is 0 Å². The van der Waals surface area contributed by atoms with Gasteiger partial charge in [0.15, 0.2) is 0 Å². The minimum atomic E-state index is -0.000630. The third-order valence-electron chi connectivity index (χ3n) is 2.53. The molecule has 0 amide bonds. The molecule has 0 radical (unpaired) electrons. The van der Waals surface area contributed by atoms with Gasteiger partial charge < -0.3 is 15.4 Å². The zero-order valence-electron chi connectivity index (χ0n) is 9.08. The van der Waals surface area contributed by atoms with Crippen LogP contribution in [0.3, 0.4) is 0 Å². The molecule has 2 rings (SSSR count). The van der Waals surface area contributed by atoms with Crippen molar-refractivity contribution < 1.29 is 4.74 Å². The standard InChI is InChI=1S/C10H16N4O/c1-10(4-6-15-7-10)14-8-3-5-12-9(11-2)13-8/h3,5H,4,6-7H2,1-2H3,(H2,11,12,13,14). The lowest BCUT2D eigenvalue weighted by Crippen LogP contribution is -2.35. The van der Waals surface area contributed by atoms with E-state index in [4.69, 9.17) is 4.74 Å². The van der Waals surface area contributed by atoms with E-state index in [1.54, 1.807) is 13.2 Å². The van der Waals surface area contributed by atoms with Crippen LogP contribution in [0.4, 0.5) is 11.8 Å². The quantitative estimate of drug-likeness (QED) is 0.779. The lowest BCUT2D eigenvalue weighted by Gasteiger charge is -2.24. The minimum absolute atomic E-state index is 0.000630. The van der Waals surface area contributed by atoms with Gasteiger partial charge in [0.1, 0.15) is 5.82 Å². The fourth-order valence-electron chi connectivity index (χ4n) is 1.62. The van der Waals surface area contributed by atoms with Crippen molar-refractivity contribution in [3.8, 4) is 0 Å². The summed E-state index contributed by atoms with van der Waals surface area (Å²) in [6.45, 7) is 3.68. The van der Waals surface area contributed by atoms with E-state index < -0.39 is 0 Å². The summed E-state index contributed by atoms with van der Waals surface area (Å²) in [5.41, 5.74) is -0.000630. The minimum Gasteiger partial charge on any atom is -0.379 e. The van der Waals surface area contributed by atoms with Crippen molar-refractivity contribution in [3.63, 3.8) is 0 Å². The molecule has 0 aromatic carbocycles. The Morgan fingerprint density at radius 1 is 1.53 bits per heavy atom. The first-order valence-electron chi connectivity index (χ1n) is 5.09. The van der Waals surface area contributed by atoms with Crippen LogP contribution >= 0.6 is 0 Å². The number of aromatic nitrogens is 2. The van der Waals surface area contributed by atoms with Crippen molar-refractivity contribution in [2.45, 2.75) is 18.9 Å². The molecule has 2 heterocycles. The van der Waals surface area contributed by atoms with Gasteiger partial charge in [-0.2, -0.15) is 4.98 Å². The van der Waals surface area contributed by atoms with Crippen LogP contribution in [-0.4, -0.2) is 35.8 Å². The number of nitrogens with one attached hydrogen (secondary N) is 2. The van der Waals surface area contributed by atoms with Crippen LogP contribution < -0.4 is 10.6 Å². The van der Waals surface area contributed by atoms with Crippen LogP contribution in [0, 0.1) is 0 Å². The lowest BCUT2D eigenvalue weighted by atomic mass is 10.0. The Bertz CT molecular complexity index is 336. The van der Waals surface area contributed by atoms with Gasteiger partial charge in [0.25, 0.3) is 0 Å². The summed E-state index contributed by atoms with van der Waals surface area (Å²) in [6, 6.07) is 1.87. The molecule has 0 aliphatic carbocycles. The van der Waals surface area contributed by atoms with Gasteiger partial charge in [0, 0.05) is 19.9 Å². The van der Waals surface area contributed by atoms with E-state index in [0.717, 1.165) is 25.5 Å². The highest BCUT2D eigenvalue weighted by molar-refractivity contribution is 5.41. The highest BCUT2D eigenvalue weighted by atomic mass is 16.5. The average Bonchev–Trinajstić information content (AvgIpc) is 2.65. The highest BCUT2D eigenvalue weighted by Gasteiger charge is 2.29. The molecule has 1 atom stereocenters. The number of ether oxygens (including phenoxy) is 1. The predicted molar refractivity (Wildman–Crippen MR) is 59.0 cm³/mol. The molecule has 0 bridgehead atoms. The lowest BCUT2D eigenvalue weighted by molar-refractivity contribution is 0.185. The molecule has 1 fully saturated rings. The monoisotopic (exact) mass is 208 g/mol. The molecule has 5 nitrogen and oxygen atoms in total. The van der Waals surface area contributed by atoms with Crippen molar-refractivity contribution in [3.05, 3.63) is 12.3 Å². The Balaban J connectivity index is 2.09. The molecule has 0 saturated carbocycles. The molecule has 1 aliphatic rings. The topological polar surface area (TPSA) is 59.1 Å². The summed E-state index contributed by atoms with van der Waals surface area (Å²) in [5, 5.41) is 6.29. The van der Waals surface area contributed by atoms with Gasteiger partial charge in [-0.15, -0.1) is 0 Å². The van der Waals surface area contributed by atoms with Crippen LogP contribution in [0.2, 0.25) is 0 Å². The largest absolute Gasteiger partial charge is 0.379 e. The first kappa shape index (κ1) is 10.2. The Hall–Kier alpha value is -1.36. The zero-order chi connectivity index (χ0) is 10.7. The third kappa shape index (κ3) is 2.36. The van der Waals surface area contributed by atoms with E-state index in [0.29, 0.717) is 5.95 Å². The van der Waals surface area contributed by atoms with Crippen LogP contribution in [0.1, 0.15) is 13.3 Å². The second-order valence-electron chi connectivity index (χ2n) is 4.00. The number of hydrogen-bond acceptors (Lipinski definition) is 5. The van der Waals surface area contributed by atoms with Gasteiger partial charge in [0.05, 0.1) is 12.1 Å². The molecular weight excluding hydrogens is 192 g/mol. The SMILES string of the molecule is CNc1nccc(NC2(C)CCOC2)n1. The van der Waals surface area contributed by atoms with Crippen molar-refractivity contribution in [1.29, 1.82) is 0 Å². The van der Waals surface area contributed by atoms with Crippen molar-refractivity contribution >= 4 is 11.8 Å². The van der Waals surface area contributed by atoms with E-state index >= 15 is 0 Å². The summed E-state index contributed by atoms with van der Waals surface area (Å²) in [6.07, 6.45) is 2.74. The summed E-state index contributed by atoms with van der Waals surface area (Å²) < 4.78 is 5.37. The van der Waals surface area contributed by atoms with E-state index in [1.807, 2.05) is 6.07 Å². The fourth-order valence-corrected chi connectivity index (χ4v) is 1.62. The first-order valence-corrected chi connectivity index (χ1v) is 5.09. The van der Waals surface area contributed by atoms with Crippen LogP contribution in [0.5, 0.6) is 0 Å². The Kier molecular flexibility index (Phi) is 2.73. The first-order chi connectivity index (χ1) is 7.22. The normalized spacial score (nSPS) is 25.2. The van der Waals surface area contributed by atoms with E-state index in [-0.39, 0.29) is 5.54 Å². The van der Waals surface area contributed by atoms with Crippen molar-refractivity contribution in [1.82, 2.24) is 9.97 Å². The zero-order valence-corrected chi connectivity index (χ0v) is 9.08. The summed E-state index contributed by atoms with van der Waals surface area (Å²) in [4.78, 5) is 8.37. The summed E-state index contributed by atoms with van der Waals surface area (Å²) in [7, 11) is 1.81. The molecule has 5 heteroatoms. The average molecular weight is 208 g/mol. The fraction of sp³-hybridized carbons (Fsp3) is 0.600. The Labute approximate surface area is 89.3 Å². The molecule has 15 heavy (non-hydrogen) atoms. The summed E-state index contributed by atoms with van der Waals surface area (Å²) >= 11 is 0. The molecule has 0 spiro atoms. The maximum atomic E-state index is 5.37. The van der Waals surface area contributed by atoms with Gasteiger partial charge in [-0.3, -0.25) is 0 Å². The second kappa shape index (κ2) is 4.02. The molecule has 1 unspecified atom stereocenters. The second-order valence-corrected chi connectivity index (χ2v) is 4.00. The van der Waals surface area contributed by atoms with Crippen molar-refractivity contribution in [2.75, 3.05) is 30.9 Å².